The third-order valence-corrected chi connectivity index (χ3v) is 5.72. The van der Waals surface area contributed by atoms with E-state index in [1.165, 1.54) is 0 Å². The van der Waals surface area contributed by atoms with Gasteiger partial charge in [-0.3, -0.25) is 9.89 Å². The fourth-order valence-corrected chi connectivity index (χ4v) is 4.08. The molecule has 4 aromatic rings. The van der Waals surface area contributed by atoms with Crippen molar-refractivity contribution in [3.63, 3.8) is 0 Å². The highest BCUT2D eigenvalue weighted by Crippen LogP contribution is 2.33. The van der Waals surface area contributed by atoms with Crippen molar-refractivity contribution in [2.75, 3.05) is 21.3 Å². The van der Waals surface area contributed by atoms with Crippen LogP contribution in [0.2, 0.25) is 0 Å². The van der Waals surface area contributed by atoms with E-state index in [0.717, 1.165) is 33.2 Å². The second-order valence-corrected chi connectivity index (χ2v) is 8.05. The number of nitrogens with one attached hydrogen (secondary N) is 1. The summed E-state index contributed by atoms with van der Waals surface area (Å²) in [6, 6.07) is 15.1. The summed E-state index contributed by atoms with van der Waals surface area (Å²) in [7, 11) is 4.94. The average molecular weight is 446 g/mol. The Bertz CT molecular complexity index is 1290. The van der Waals surface area contributed by atoms with E-state index in [9.17, 15) is 9.90 Å². The number of ether oxygens (including phenoxy) is 2. The number of aliphatic hydroxyl groups is 1. The number of amides is 1. The van der Waals surface area contributed by atoms with E-state index in [2.05, 4.69) is 10.2 Å². The van der Waals surface area contributed by atoms with Crippen LogP contribution in [-0.2, 0) is 13.2 Å². The van der Waals surface area contributed by atoms with Crippen molar-refractivity contribution >= 4 is 16.8 Å². The van der Waals surface area contributed by atoms with Gasteiger partial charge in [-0.15, -0.1) is 0 Å². The number of fused-ring (bicyclic) bond motifs is 1. The molecule has 4 rings (SSSR count). The van der Waals surface area contributed by atoms with E-state index in [1.54, 1.807) is 44.5 Å². The quantitative estimate of drug-likeness (QED) is 0.442. The number of benzene rings is 3. The highest BCUT2D eigenvalue weighted by Gasteiger charge is 2.17. The van der Waals surface area contributed by atoms with Gasteiger partial charge in [-0.2, -0.15) is 5.10 Å². The fraction of sp³-hybridized carbons (Fsp3) is 0.231. The van der Waals surface area contributed by atoms with Crippen LogP contribution in [0.5, 0.6) is 11.5 Å². The van der Waals surface area contributed by atoms with Crippen LogP contribution in [0.1, 0.15) is 27.0 Å². The van der Waals surface area contributed by atoms with Gasteiger partial charge in [0.15, 0.2) is 0 Å². The second kappa shape index (κ2) is 9.34. The average Bonchev–Trinajstić information content (AvgIpc) is 3.31. The minimum absolute atomic E-state index is 0.148. The first-order valence-electron chi connectivity index (χ1n) is 10.6. The van der Waals surface area contributed by atoms with Gasteiger partial charge in [0, 0.05) is 30.6 Å². The molecule has 7 heteroatoms. The summed E-state index contributed by atoms with van der Waals surface area (Å²) in [6.07, 6.45) is 1.78. The van der Waals surface area contributed by atoms with E-state index in [1.807, 2.05) is 43.3 Å². The molecule has 0 spiro atoms. The molecule has 1 aromatic heterocycles. The zero-order valence-electron chi connectivity index (χ0n) is 19.2. The lowest BCUT2D eigenvalue weighted by Crippen LogP contribution is -2.26. The maximum atomic E-state index is 13.4. The Kier molecular flexibility index (Phi) is 6.33. The Balaban J connectivity index is 1.70. The molecule has 0 saturated heterocycles. The third kappa shape index (κ3) is 4.54. The Morgan fingerprint density at radius 1 is 1.03 bits per heavy atom. The zero-order chi connectivity index (χ0) is 23.5. The number of aliphatic hydroxyl groups excluding tert-OH is 1. The van der Waals surface area contributed by atoms with Crippen LogP contribution in [-0.4, -0.2) is 47.4 Å². The molecule has 0 aliphatic carbocycles. The molecule has 1 amide bonds. The lowest BCUT2D eigenvalue weighted by molar-refractivity contribution is 0.0784. The predicted octanol–water partition coefficient (Wildman–Crippen LogP) is 4.32. The Hall–Kier alpha value is -3.84. The number of methoxy groups -OCH3 is 2. The number of hydrogen-bond donors (Lipinski definition) is 2. The molecule has 0 saturated carbocycles. The van der Waals surface area contributed by atoms with Crippen molar-refractivity contribution < 1.29 is 19.4 Å². The molecule has 7 nitrogen and oxygen atoms in total. The summed E-state index contributed by atoms with van der Waals surface area (Å²) in [5, 5.41) is 18.0. The first-order chi connectivity index (χ1) is 15.9. The molecule has 0 radical (unpaired) electrons. The van der Waals surface area contributed by atoms with E-state index in [4.69, 9.17) is 9.47 Å². The van der Waals surface area contributed by atoms with Crippen molar-refractivity contribution in [2.45, 2.75) is 20.1 Å². The number of carbonyl (C=O) groups excluding carboxylic acids is 1. The Morgan fingerprint density at radius 3 is 2.42 bits per heavy atom. The number of hydrogen-bond acceptors (Lipinski definition) is 5. The number of aromatic nitrogens is 2. The molecular weight excluding hydrogens is 418 g/mol. The second-order valence-electron chi connectivity index (χ2n) is 8.05. The molecule has 0 fully saturated rings. The van der Waals surface area contributed by atoms with Gasteiger partial charge in [0.05, 0.1) is 32.5 Å². The van der Waals surface area contributed by atoms with E-state index in [-0.39, 0.29) is 12.5 Å². The SMILES string of the molecule is COc1cc(CN(C)C(=O)c2cc(CO)cc(-c3c(C)ccc4[nH]ncc34)c2)cc(OC)c1. The number of carbonyl (C=O) groups is 1. The van der Waals surface area contributed by atoms with Crippen LogP contribution in [0, 0.1) is 6.92 Å². The first-order valence-corrected chi connectivity index (χ1v) is 10.6. The van der Waals surface area contributed by atoms with Gasteiger partial charge in [-0.05, 0) is 71.1 Å². The van der Waals surface area contributed by atoms with Crippen LogP contribution >= 0.6 is 0 Å². The minimum atomic E-state index is -0.161. The number of aryl methyl sites for hydroxylation is 1. The van der Waals surface area contributed by atoms with Gasteiger partial charge in [-0.25, -0.2) is 0 Å². The molecule has 0 bridgehead atoms. The lowest BCUT2D eigenvalue weighted by atomic mass is 9.93. The van der Waals surface area contributed by atoms with E-state index >= 15 is 0 Å². The van der Waals surface area contributed by atoms with Crippen molar-refractivity contribution in [1.29, 1.82) is 0 Å². The number of nitrogens with zero attached hydrogens (tertiary/aromatic N) is 2. The summed E-state index contributed by atoms with van der Waals surface area (Å²) in [6.45, 7) is 2.24. The molecule has 2 N–H and O–H groups in total. The maximum absolute atomic E-state index is 13.4. The molecular formula is C26H27N3O4. The summed E-state index contributed by atoms with van der Waals surface area (Å²) in [5.74, 6) is 1.18. The molecule has 0 aliphatic heterocycles. The van der Waals surface area contributed by atoms with Gasteiger partial charge in [0.2, 0.25) is 0 Å². The highest BCUT2D eigenvalue weighted by atomic mass is 16.5. The van der Waals surface area contributed by atoms with Crippen LogP contribution in [0.3, 0.4) is 0 Å². The Labute approximate surface area is 192 Å². The van der Waals surface area contributed by atoms with Crippen molar-refractivity contribution in [3.8, 4) is 22.6 Å². The standard InChI is InChI=1S/C26H27N3O4/c1-16-5-6-24-23(13-27-28-24)25(16)19-7-18(15-30)8-20(11-19)26(31)29(2)14-17-9-21(32-3)12-22(10-17)33-4/h5-13,30H,14-15H2,1-4H3,(H,27,28). The molecule has 170 valence electrons. The normalized spacial score (nSPS) is 10.9. The van der Waals surface area contributed by atoms with Crippen LogP contribution < -0.4 is 9.47 Å². The van der Waals surface area contributed by atoms with Gasteiger partial charge in [0.1, 0.15) is 11.5 Å². The molecule has 0 aliphatic rings. The van der Waals surface area contributed by atoms with Crippen molar-refractivity contribution in [3.05, 3.63) is 77.0 Å². The van der Waals surface area contributed by atoms with Crippen LogP contribution in [0.4, 0.5) is 0 Å². The van der Waals surface area contributed by atoms with Gasteiger partial charge in [-0.1, -0.05) is 6.07 Å². The van der Waals surface area contributed by atoms with Crippen LogP contribution in [0.25, 0.3) is 22.0 Å². The minimum Gasteiger partial charge on any atom is -0.497 e. The monoisotopic (exact) mass is 445 g/mol. The summed E-state index contributed by atoms with van der Waals surface area (Å²) >= 11 is 0. The largest absolute Gasteiger partial charge is 0.497 e. The maximum Gasteiger partial charge on any atom is 0.253 e. The third-order valence-electron chi connectivity index (χ3n) is 5.72. The molecule has 3 aromatic carbocycles. The molecule has 33 heavy (non-hydrogen) atoms. The lowest BCUT2D eigenvalue weighted by Gasteiger charge is -2.20. The number of aromatic amines is 1. The Morgan fingerprint density at radius 2 is 1.76 bits per heavy atom. The van der Waals surface area contributed by atoms with E-state index < -0.39 is 0 Å². The molecule has 0 atom stereocenters. The van der Waals surface area contributed by atoms with Gasteiger partial charge >= 0.3 is 0 Å². The highest BCUT2D eigenvalue weighted by molar-refractivity contribution is 6.00. The summed E-state index contributed by atoms with van der Waals surface area (Å²) in [5.41, 5.74) is 5.91. The zero-order valence-corrected chi connectivity index (χ0v) is 19.2. The number of rotatable bonds is 7. The fourth-order valence-electron chi connectivity index (χ4n) is 4.08. The molecule has 0 unspecified atom stereocenters. The molecule has 1 heterocycles. The smallest absolute Gasteiger partial charge is 0.253 e. The van der Waals surface area contributed by atoms with Gasteiger partial charge in [0.25, 0.3) is 5.91 Å². The van der Waals surface area contributed by atoms with Crippen LogP contribution in [0.15, 0.2) is 54.7 Å². The number of H-pyrrole nitrogens is 1. The summed E-state index contributed by atoms with van der Waals surface area (Å²) in [4.78, 5) is 15.0. The van der Waals surface area contributed by atoms with E-state index in [0.29, 0.717) is 29.2 Å². The summed E-state index contributed by atoms with van der Waals surface area (Å²) < 4.78 is 10.7. The predicted molar refractivity (Wildman–Crippen MR) is 128 cm³/mol. The topological polar surface area (TPSA) is 87.7 Å². The van der Waals surface area contributed by atoms with Gasteiger partial charge < -0.3 is 19.5 Å². The van der Waals surface area contributed by atoms with Crippen molar-refractivity contribution in [2.24, 2.45) is 0 Å². The first kappa shape index (κ1) is 22.4. The van der Waals surface area contributed by atoms with Crippen molar-refractivity contribution in [1.82, 2.24) is 15.1 Å².